The van der Waals surface area contributed by atoms with Gasteiger partial charge in [-0.25, -0.2) is 0 Å². The summed E-state index contributed by atoms with van der Waals surface area (Å²) in [6, 6.07) is 7.93. The molecule has 0 radical (unpaired) electrons. The van der Waals surface area contributed by atoms with E-state index in [4.69, 9.17) is 4.74 Å². The number of fused-ring (bicyclic) bond motifs is 3. The third-order valence-corrected chi connectivity index (χ3v) is 3.77. The second-order valence-corrected chi connectivity index (χ2v) is 5.17. The van der Waals surface area contributed by atoms with E-state index in [0.717, 1.165) is 23.4 Å². The zero-order valence-electron chi connectivity index (χ0n) is 10.6. The fourth-order valence-corrected chi connectivity index (χ4v) is 2.48. The molecule has 1 aliphatic rings. The first-order chi connectivity index (χ1) is 9.38. The summed E-state index contributed by atoms with van der Waals surface area (Å²) in [5.41, 5.74) is 2.66. The van der Waals surface area contributed by atoms with Gasteiger partial charge in [-0.15, -0.1) is 10.2 Å². The number of hydrogen-bond donors (Lipinski definition) is 1. The highest BCUT2D eigenvalue weighted by atomic mass is 32.2. The van der Waals surface area contributed by atoms with E-state index < -0.39 is 0 Å². The van der Waals surface area contributed by atoms with Crippen LogP contribution in [0.2, 0.25) is 0 Å². The van der Waals surface area contributed by atoms with Gasteiger partial charge in [0, 0.05) is 17.0 Å². The minimum Gasteiger partial charge on any atom is -0.455 e. The van der Waals surface area contributed by atoms with Crippen LogP contribution in [0.4, 0.5) is 5.69 Å². The predicted molar refractivity (Wildman–Crippen MR) is 75.4 cm³/mol. The Morgan fingerprint density at radius 3 is 3.11 bits per heavy atom. The molecule has 0 atom stereocenters. The van der Waals surface area contributed by atoms with Gasteiger partial charge in [0.1, 0.15) is 0 Å². The summed E-state index contributed by atoms with van der Waals surface area (Å²) < 4.78 is 5.61. The summed E-state index contributed by atoms with van der Waals surface area (Å²) in [7, 11) is 0. The zero-order valence-corrected chi connectivity index (χ0v) is 11.4. The average Bonchev–Trinajstić information content (AvgIpc) is 2.64. The number of ether oxygens (including phenoxy) is 1. The van der Waals surface area contributed by atoms with Crippen LogP contribution in [-0.2, 0) is 0 Å². The summed E-state index contributed by atoms with van der Waals surface area (Å²) >= 11 is 1.60. The Labute approximate surface area is 115 Å². The number of para-hydroxylation sites is 1. The molecule has 0 amide bonds. The van der Waals surface area contributed by atoms with Gasteiger partial charge in [-0.2, -0.15) is 4.98 Å². The standard InChI is InChI=1S/C13H14N4OS/c1-2-7-19-13-15-12-11(16-17-13)9-5-3-4-6-10(9)14-8-18-12/h3-6,14H,2,7-8H2,1H3. The fourth-order valence-electron chi connectivity index (χ4n) is 1.85. The Bertz CT molecular complexity index is 591. The first kappa shape index (κ1) is 12.2. The van der Waals surface area contributed by atoms with Crippen molar-refractivity contribution in [2.24, 2.45) is 0 Å². The third kappa shape index (κ3) is 2.49. The molecule has 0 saturated heterocycles. The molecular formula is C13H14N4OS. The SMILES string of the molecule is CCCSc1nnc2c(n1)OCNc1ccccc1-2. The lowest BCUT2D eigenvalue weighted by atomic mass is 10.1. The molecule has 2 heterocycles. The largest absolute Gasteiger partial charge is 0.455 e. The highest BCUT2D eigenvalue weighted by Crippen LogP contribution is 2.34. The fraction of sp³-hybridized carbons (Fsp3) is 0.308. The van der Waals surface area contributed by atoms with E-state index in [9.17, 15) is 0 Å². The van der Waals surface area contributed by atoms with Crippen LogP contribution in [0.3, 0.4) is 0 Å². The van der Waals surface area contributed by atoms with Crippen molar-refractivity contribution in [1.29, 1.82) is 0 Å². The van der Waals surface area contributed by atoms with Gasteiger partial charge in [-0.1, -0.05) is 36.9 Å². The lowest BCUT2D eigenvalue weighted by molar-refractivity contribution is 0.330. The Morgan fingerprint density at radius 2 is 2.21 bits per heavy atom. The van der Waals surface area contributed by atoms with Gasteiger partial charge in [0.25, 0.3) is 0 Å². The normalized spacial score (nSPS) is 12.7. The van der Waals surface area contributed by atoms with Crippen LogP contribution in [-0.4, -0.2) is 27.7 Å². The van der Waals surface area contributed by atoms with E-state index in [1.807, 2.05) is 24.3 Å². The van der Waals surface area contributed by atoms with E-state index >= 15 is 0 Å². The Morgan fingerprint density at radius 1 is 1.32 bits per heavy atom. The molecule has 1 N–H and O–H groups in total. The van der Waals surface area contributed by atoms with Crippen molar-refractivity contribution < 1.29 is 4.74 Å². The maximum absolute atomic E-state index is 5.61. The van der Waals surface area contributed by atoms with Crippen molar-refractivity contribution in [3.63, 3.8) is 0 Å². The van der Waals surface area contributed by atoms with Crippen molar-refractivity contribution in [2.45, 2.75) is 18.5 Å². The molecule has 0 saturated carbocycles. The maximum Gasteiger partial charge on any atom is 0.246 e. The number of benzene rings is 1. The molecule has 19 heavy (non-hydrogen) atoms. The first-order valence-electron chi connectivity index (χ1n) is 6.22. The molecule has 0 aliphatic carbocycles. The molecule has 0 bridgehead atoms. The topological polar surface area (TPSA) is 59.9 Å². The highest BCUT2D eigenvalue weighted by molar-refractivity contribution is 7.99. The number of aromatic nitrogens is 3. The Kier molecular flexibility index (Phi) is 3.50. The summed E-state index contributed by atoms with van der Waals surface area (Å²) in [6.07, 6.45) is 1.08. The molecule has 3 rings (SSSR count). The Balaban J connectivity index is 2.01. The van der Waals surface area contributed by atoms with Crippen molar-refractivity contribution in [1.82, 2.24) is 15.2 Å². The zero-order chi connectivity index (χ0) is 13.1. The van der Waals surface area contributed by atoms with Crippen LogP contribution < -0.4 is 10.1 Å². The number of nitrogens with one attached hydrogen (secondary N) is 1. The second kappa shape index (κ2) is 5.44. The lowest BCUT2D eigenvalue weighted by Crippen LogP contribution is -2.08. The van der Waals surface area contributed by atoms with E-state index in [0.29, 0.717) is 23.5 Å². The van der Waals surface area contributed by atoms with Crippen molar-refractivity contribution >= 4 is 17.4 Å². The number of anilines is 1. The van der Waals surface area contributed by atoms with E-state index in [2.05, 4.69) is 27.4 Å². The summed E-state index contributed by atoms with van der Waals surface area (Å²) in [5.74, 6) is 1.53. The highest BCUT2D eigenvalue weighted by Gasteiger charge is 2.18. The smallest absolute Gasteiger partial charge is 0.246 e. The number of hydrogen-bond acceptors (Lipinski definition) is 6. The molecule has 0 fully saturated rings. The van der Waals surface area contributed by atoms with Gasteiger partial charge >= 0.3 is 0 Å². The molecule has 6 heteroatoms. The van der Waals surface area contributed by atoms with Crippen LogP contribution in [0.25, 0.3) is 11.3 Å². The minimum absolute atomic E-state index is 0.389. The predicted octanol–water partition coefficient (Wildman–Crippen LogP) is 2.80. The molecule has 0 unspecified atom stereocenters. The lowest BCUT2D eigenvalue weighted by Gasteiger charge is -2.05. The quantitative estimate of drug-likeness (QED) is 0.868. The van der Waals surface area contributed by atoms with E-state index in [1.54, 1.807) is 11.8 Å². The van der Waals surface area contributed by atoms with Gasteiger partial charge in [0.05, 0.1) is 0 Å². The average molecular weight is 274 g/mol. The van der Waals surface area contributed by atoms with E-state index in [1.165, 1.54) is 0 Å². The van der Waals surface area contributed by atoms with Gasteiger partial charge in [0.15, 0.2) is 12.4 Å². The molecule has 1 aromatic carbocycles. The van der Waals surface area contributed by atoms with Crippen LogP contribution in [0, 0.1) is 0 Å². The minimum atomic E-state index is 0.389. The summed E-state index contributed by atoms with van der Waals surface area (Å²) in [6.45, 7) is 2.52. The van der Waals surface area contributed by atoms with Gasteiger partial charge in [0.2, 0.25) is 11.0 Å². The van der Waals surface area contributed by atoms with Gasteiger partial charge in [-0.05, 0) is 12.5 Å². The molecule has 5 nitrogen and oxygen atoms in total. The number of rotatable bonds is 3. The second-order valence-electron chi connectivity index (χ2n) is 4.11. The van der Waals surface area contributed by atoms with Crippen LogP contribution in [0.1, 0.15) is 13.3 Å². The molecule has 98 valence electrons. The van der Waals surface area contributed by atoms with Crippen molar-refractivity contribution in [3.05, 3.63) is 24.3 Å². The maximum atomic E-state index is 5.61. The number of nitrogens with zero attached hydrogens (tertiary/aromatic N) is 3. The van der Waals surface area contributed by atoms with E-state index in [-0.39, 0.29) is 0 Å². The monoisotopic (exact) mass is 274 g/mol. The summed E-state index contributed by atoms with van der Waals surface area (Å²) in [5, 5.41) is 12.3. The van der Waals surface area contributed by atoms with Gasteiger partial charge < -0.3 is 10.1 Å². The molecule has 2 aromatic rings. The molecule has 1 aromatic heterocycles. The van der Waals surface area contributed by atoms with Crippen LogP contribution in [0.15, 0.2) is 29.4 Å². The molecule has 0 spiro atoms. The molecule has 1 aliphatic heterocycles. The summed E-state index contributed by atoms with van der Waals surface area (Å²) in [4.78, 5) is 4.44. The Hall–Kier alpha value is -1.82. The third-order valence-electron chi connectivity index (χ3n) is 2.72. The van der Waals surface area contributed by atoms with Gasteiger partial charge in [-0.3, -0.25) is 0 Å². The van der Waals surface area contributed by atoms with Crippen LogP contribution in [0.5, 0.6) is 5.88 Å². The van der Waals surface area contributed by atoms with Crippen LogP contribution >= 0.6 is 11.8 Å². The first-order valence-corrected chi connectivity index (χ1v) is 7.20. The van der Waals surface area contributed by atoms with Crippen molar-refractivity contribution in [2.75, 3.05) is 17.8 Å². The van der Waals surface area contributed by atoms with Crippen molar-refractivity contribution in [3.8, 4) is 17.1 Å². The number of thioether (sulfide) groups is 1. The molecular weight excluding hydrogens is 260 g/mol.